The Hall–Kier alpha value is -2.54. The van der Waals surface area contributed by atoms with Gasteiger partial charge in [-0.3, -0.25) is 4.79 Å². The number of likely N-dealkylation sites (tertiary alicyclic amines) is 1. The molecule has 2 amide bonds. The molecule has 0 spiro atoms. The van der Waals surface area contributed by atoms with Crippen LogP contribution in [0.15, 0.2) is 30.3 Å². The van der Waals surface area contributed by atoms with Crippen LogP contribution in [0, 0.1) is 11.8 Å². The molecule has 7 heteroatoms. The zero-order chi connectivity index (χ0) is 24.8. The van der Waals surface area contributed by atoms with Crippen molar-refractivity contribution in [3.63, 3.8) is 0 Å². The van der Waals surface area contributed by atoms with Crippen molar-refractivity contribution in [3.8, 4) is 5.75 Å². The third-order valence-electron chi connectivity index (χ3n) is 7.06. The molecule has 192 valence electrons. The van der Waals surface area contributed by atoms with Gasteiger partial charge >= 0.3 is 6.09 Å². The number of hydrogen-bond donors (Lipinski definition) is 0. The summed E-state index contributed by atoms with van der Waals surface area (Å²) in [6.45, 7) is 10.5. The van der Waals surface area contributed by atoms with E-state index in [1.807, 2.05) is 37.8 Å². The molecule has 1 atom stereocenters. The Kier molecular flexibility index (Phi) is 8.37. The molecule has 4 rings (SSSR count). The Bertz CT molecular complexity index is 891. The first-order chi connectivity index (χ1) is 16.8. The van der Waals surface area contributed by atoms with E-state index in [0.717, 1.165) is 50.9 Å². The largest absolute Gasteiger partial charge is 0.493 e. The molecule has 0 aromatic heterocycles. The van der Waals surface area contributed by atoms with Crippen LogP contribution in [0.4, 0.5) is 4.79 Å². The van der Waals surface area contributed by atoms with Gasteiger partial charge in [0.1, 0.15) is 11.4 Å². The number of benzene rings is 1. The highest BCUT2D eigenvalue weighted by molar-refractivity contribution is 5.81. The lowest BCUT2D eigenvalue weighted by molar-refractivity contribution is -0.139. The molecule has 1 unspecified atom stereocenters. The zero-order valence-corrected chi connectivity index (χ0v) is 21.5. The number of rotatable bonds is 5. The summed E-state index contributed by atoms with van der Waals surface area (Å²) in [5.74, 6) is 1.70. The summed E-state index contributed by atoms with van der Waals surface area (Å²) in [5, 5.41) is 0. The van der Waals surface area contributed by atoms with Crippen molar-refractivity contribution < 1.29 is 23.8 Å². The molecule has 0 saturated carbocycles. The third kappa shape index (κ3) is 7.23. The van der Waals surface area contributed by atoms with Crippen LogP contribution in [0.25, 0.3) is 5.57 Å². The Morgan fingerprint density at radius 1 is 0.971 bits per heavy atom. The van der Waals surface area contributed by atoms with Crippen molar-refractivity contribution in [3.05, 3.63) is 35.9 Å². The SMILES string of the molecule is CC(C)(C)OC(=O)N1CCC(COc2ccc(C3=CCC(C(=O)N4CCOCC4)CC3)cc2)CC1. The van der Waals surface area contributed by atoms with Gasteiger partial charge in [0, 0.05) is 32.1 Å². The molecule has 3 aliphatic rings. The van der Waals surface area contributed by atoms with Gasteiger partial charge in [-0.05, 0) is 82.1 Å². The van der Waals surface area contributed by atoms with Gasteiger partial charge < -0.3 is 24.0 Å². The number of piperidine rings is 1. The molecule has 1 aromatic rings. The van der Waals surface area contributed by atoms with Crippen LogP contribution in [-0.4, -0.2) is 73.4 Å². The van der Waals surface area contributed by atoms with E-state index < -0.39 is 5.60 Å². The van der Waals surface area contributed by atoms with Crippen LogP contribution in [-0.2, 0) is 14.3 Å². The van der Waals surface area contributed by atoms with Crippen LogP contribution < -0.4 is 4.74 Å². The molecule has 7 nitrogen and oxygen atoms in total. The molecule has 1 aromatic carbocycles. The summed E-state index contributed by atoms with van der Waals surface area (Å²) in [4.78, 5) is 28.7. The fraction of sp³-hybridized carbons (Fsp3) is 0.643. The van der Waals surface area contributed by atoms with E-state index in [0.29, 0.717) is 38.8 Å². The first kappa shape index (κ1) is 25.5. The minimum absolute atomic E-state index is 0.0983. The van der Waals surface area contributed by atoms with Crippen LogP contribution in [0.1, 0.15) is 58.4 Å². The summed E-state index contributed by atoms with van der Waals surface area (Å²) in [6.07, 6.45) is 6.51. The lowest BCUT2D eigenvalue weighted by Gasteiger charge is -2.33. The second kappa shape index (κ2) is 11.5. The predicted octanol–water partition coefficient (Wildman–Crippen LogP) is 4.75. The van der Waals surface area contributed by atoms with E-state index in [4.69, 9.17) is 14.2 Å². The van der Waals surface area contributed by atoms with Gasteiger partial charge in [0.25, 0.3) is 0 Å². The minimum atomic E-state index is -0.459. The Labute approximate surface area is 209 Å². The maximum absolute atomic E-state index is 12.7. The molecule has 2 saturated heterocycles. The molecule has 0 N–H and O–H groups in total. The summed E-state index contributed by atoms with van der Waals surface area (Å²) in [5.41, 5.74) is 2.07. The summed E-state index contributed by atoms with van der Waals surface area (Å²) in [6, 6.07) is 8.32. The first-order valence-corrected chi connectivity index (χ1v) is 13.1. The Morgan fingerprint density at radius 3 is 2.26 bits per heavy atom. The number of allylic oxidation sites excluding steroid dienone is 2. The maximum atomic E-state index is 12.7. The number of carbonyl (C=O) groups is 2. The van der Waals surface area contributed by atoms with Gasteiger partial charge in [0.2, 0.25) is 5.91 Å². The quantitative estimate of drug-likeness (QED) is 0.603. The van der Waals surface area contributed by atoms with Gasteiger partial charge in [-0.25, -0.2) is 4.79 Å². The van der Waals surface area contributed by atoms with E-state index in [1.54, 1.807) is 4.90 Å². The normalized spacial score (nSPS) is 21.9. The van der Waals surface area contributed by atoms with Crippen molar-refractivity contribution >= 4 is 17.6 Å². The molecule has 2 aliphatic heterocycles. The van der Waals surface area contributed by atoms with Crippen LogP contribution >= 0.6 is 0 Å². The Balaban J connectivity index is 1.20. The van der Waals surface area contributed by atoms with Crippen molar-refractivity contribution in [1.82, 2.24) is 9.80 Å². The van der Waals surface area contributed by atoms with E-state index in [1.165, 1.54) is 11.1 Å². The Morgan fingerprint density at radius 2 is 1.66 bits per heavy atom. The number of amides is 2. The topological polar surface area (TPSA) is 68.3 Å². The van der Waals surface area contributed by atoms with E-state index in [2.05, 4.69) is 18.2 Å². The van der Waals surface area contributed by atoms with Gasteiger partial charge in [-0.15, -0.1) is 0 Å². The second-order valence-electron chi connectivity index (χ2n) is 10.9. The first-order valence-electron chi connectivity index (χ1n) is 13.1. The van der Waals surface area contributed by atoms with Crippen molar-refractivity contribution in [2.24, 2.45) is 11.8 Å². The molecule has 0 radical (unpaired) electrons. The smallest absolute Gasteiger partial charge is 0.410 e. The number of ether oxygens (including phenoxy) is 3. The predicted molar refractivity (Wildman–Crippen MR) is 135 cm³/mol. The molecule has 1 aliphatic carbocycles. The van der Waals surface area contributed by atoms with Gasteiger partial charge in [0.15, 0.2) is 0 Å². The van der Waals surface area contributed by atoms with Crippen LogP contribution in [0.5, 0.6) is 5.75 Å². The monoisotopic (exact) mass is 484 g/mol. The van der Waals surface area contributed by atoms with Crippen LogP contribution in [0.2, 0.25) is 0 Å². The lowest BCUT2D eigenvalue weighted by atomic mass is 9.85. The fourth-order valence-corrected chi connectivity index (χ4v) is 4.95. The second-order valence-corrected chi connectivity index (χ2v) is 10.9. The van der Waals surface area contributed by atoms with Crippen molar-refractivity contribution in [1.29, 1.82) is 0 Å². The van der Waals surface area contributed by atoms with E-state index >= 15 is 0 Å². The molecular weight excluding hydrogens is 444 g/mol. The zero-order valence-electron chi connectivity index (χ0n) is 21.5. The summed E-state index contributed by atoms with van der Waals surface area (Å²) >= 11 is 0. The van der Waals surface area contributed by atoms with Crippen molar-refractivity contribution in [2.75, 3.05) is 46.0 Å². The van der Waals surface area contributed by atoms with Crippen molar-refractivity contribution in [2.45, 2.75) is 58.5 Å². The molecule has 2 heterocycles. The third-order valence-corrected chi connectivity index (χ3v) is 7.06. The van der Waals surface area contributed by atoms with E-state index in [-0.39, 0.29) is 17.9 Å². The lowest BCUT2D eigenvalue weighted by Crippen LogP contribution is -2.44. The highest BCUT2D eigenvalue weighted by Crippen LogP contribution is 2.32. The summed E-state index contributed by atoms with van der Waals surface area (Å²) < 4.78 is 16.9. The number of nitrogens with zero attached hydrogens (tertiary/aromatic N) is 2. The van der Waals surface area contributed by atoms with Gasteiger partial charge in [-0.2, -0.15) is 0 Å². The minimum Gasteiger partial charge on any atom is -0.493 e. The summed E-state index contributed by atoms with van der Waals surface area (Å²) in [7, 11) is 0. The maximum Gasteiger partial charge on any atom is 0.410 e. The standard InChI is InChI=1S/C28H40N2O5/c1-28(2,3)35-27(32)30-14-12-21(13-15-30)20-34-25-10-8-23(9-11-25)22-4-6-24(7-5-22)26(31)29-16-18-33-19-17-29/h4,8-11,21,24H,5-7,12-20H2,1-3H3. The van der Waals surface area contributed by atoms with Gasteiger partial charge in [-0.1, -0.05) is 18.2 Å². The number of hydrogen-bond acceptors (Lipinski definition) is 5. The molecule has 35 heavy (non-hydrogen) atoms. The molecule has 0 bridgehead atoms. The van der Waals surface area contributed by atoms with Crippen LogP contribution in [0.3, 0.4) is 0 Å². The van der Waals surface area contributed by atoms with E-state index in [9.17, 15) is 9.59 Å². The molecular formula is C28H40N2O5. The number of carbonyl (C=O) groups excluding carboxylic acids is 2. The molecule has 2 fully saturated rings. The highest BCUT2D eigenvalue weighted by Gasteiger charge is 2.28. The average molecular weight is 485 g/mol. The van der Waals surface area contributed by atoms with Gasteiger partial charge in [0.05, 0.1) is 19.8 Å². The average Bonchev–Trinajstić information content (AvgIpc) is 2.87. The highest BCUT2D eigenvalue weighted by atomic mass is 16.6. The number of morpholine rings is 1. The fourth-order valence-electron chi connectivity index (χ4n) is 4.95.